The van der Waals surface area contributed by atoms with Gasteiger partial charge in [-0.2, -0.15) is 0 Å². The number of hydrogen-bond acceptors (Lipinski definition) is 4. The summed E-state index contributed by atoms with van der Waals surface area (Å²) in [5, 5.41) is 11.3. The highest BCUT2D eigenvalue weighted by Crippen LogP contribution is 2.23. The Bertz CT molecular complexity index is 752. The Balaban J connectivity index is 0.000000173. The summed E-state index contributed by atoms with van der Waals surface area (Å²) in [6.45, 7) is 0. The number of aldehydes is 1. The first-order valence-corrected chi connectivity index (χ1v) is 6.38. The van der Waals surface area contributed by atoms with Gasteiger partial charge in [-0.15, -0.1) is 0 Å². The highest BCUT2D eigenvalue weighted by atomic mass is 16.3. The first-order chi connectivity index (χ1) is 10.1. The predicted molar refractivity (Wildman–Crippen MR) is 86.3 cm³/mol. The molecule has 0 saturated heterocycles. The molecule has 5 N–H and O–H groups in total. The fourth-order valence-corrected chi connectivity index (χ4v) is 1.90. The van der Waals surface area contributed by atoms with E-state index in [2.05, 4.69) is 0 Å². The number of carbonyl (C=O) groups excluding carboxylic acids is 1. The molecule has 0 atom stereocenters. The van der Waals surface area contributed by atoms with Crippen molar-refractivity contribution in [1.82, 2.24) is 0 Å². The molecule has 0 heterocycles. The van der Waals surface area contributed by atoms with Crippen LogP contribution in [-0.2, 0) is 0 Å². The van der Waals surface area contributed by atoms with Gasteiger partial charge in [0.2, 0.25) is 0 Å². The Morgan fingerprint density at radius 2 is 1.38 bits per heavy atom. The third-order valence-electron chi connectivity index (χ3n) is 2.93. The minimum atomic E-state index is 0.0358. The van der Waals surface area contributed by atoms with Gasteiger partial charge in [-0.05, 0) is 41.1 Å². The van der Waals surface area contributed by atoms with E-state index in [0.717, 1.165) is 10.8 Å². The van der Waals surface area contributed by atoms with Crippen molar-refractivity contribution in [3.05, 3.63) is 66.2 Å². The van der Waals surface area contributed by atoms with Gasteiger partial charge in [0, 0.05) is 11.4 Å². The SMILES string of the molecule is Nc1cccc(N)c1.O=Cc1cc2ccccc2cc1O. The summed E-state index contributed by atoms with van der Waals surface area (Å²) >= 11 is 0. The number of anilines is 2. The van der Waals surface area contributed by atoms with Crippen LogP contribution in [0.1, 0.15) is 10.4 Å². The van der Waals surface area contributed by atoms with Crippen LogP contribution in [0, 0.1) is 0 Å². The van der Waals surface area contributed by atoms with E-state index in [1.807, 2.05) is 30.3 Å². The third kappa shape index (κ3) is 3.73. The molecular formula is C17H16N2O2. The van der Waals surface area contributed by atoms with E-state index in [9.17, 15) is 9.90 Å². The average molecular weight is 280 g/mol. The summed E-state index contributed by atoms with van der Waals surface area (Å²) in [4.78, 5) is 10.5. The molecule has 0 aliphatic carbocycles. The van der Waals surface area contributed by atoms with Crippen molar-refractivity contribution in [1.29, 1.82) is 0 Å². The molecule has 3 aromatic rings. The molecule has 4 heteroatoms. The Kier molecular flexibility index (Phi) is 4.41. The maximum Gasteiger partial charge on any atom is 0.153 e. The first kappa shape index (κ1) is 14.4. The van der Waals surface area contributed by atoms with Crippen LogP contribution in [0.5, 0.6) is 5.75 Å². The molecule has 4 nitrogen and oxygen atoms in total. The smallest absolute Gasteiger partial charge is 0.153 e. The van der Waals surface area contributed by atoms with Crippen LogP contribution in [-0.4, -0.2) is 11.4 Å². The van der Waals surface area contributed by atoms with Gasteiger partial charge in [0.1, 0.15) is 5.75 Å². The van der Waals surface area contributed by atoms with Crippen molar-refractivity contribution >= 4 is 28.4 Å². The van der Waals surface area contributed by atoms with Gasteiger partial charge < -0.3 is 16.6 Å². The number of nitrogens with two attached hydrogens (primary N) is 2. The van der Waals surface area contributed by atoms with Crippen LogP contribution in [0.25, 0.3) is 10.8 Å². The zero-order valence-corrected chi connectivity index (χ0v) is 11.4. The minimum Gasteiger partial charge on any atom is -0.507 e. The number of aromatic hydroxyl groups is 1. The molecule has 106 valence electrons. The van der Waals surface area contributed by atoms with Crippen molar-refractivity contribution in [2.75, 3.05) is 11.5 Å². The summed E-state index contributed by atoms with van der Waals surface area (Å²) in [6.07, 6.45) is 0.655. The molecular weight excluding hydrogens is 264 g/mol. The monoisotopic (exact) mass is 280 g/mol. The summed E-state index contributed by atoms with van der Waals surface area (Å²) in [6, 6.07) is 18.0. The number of hydrogen-bond donors (Lipinski definition) is 3. The fourth-order valence-electron chi connectivity index (χ4n) is 1.90. The van der Waals surface area contributed by atoms with Crippen molar-refractivity contribution in [3.63, 3.8) is 0 Å². The number of fused-ring (bicyclic) bond motifs is 1. The van der Waals surface area contributed by atoms with E-state index in [1.165, 1.54) is 0 Å². The second-order valence-corrected chi connectivity index (χ2v) is 4.55. The highest BCUT2D eigenvalue weighted by Gasteiger charge is 2.01. The second kappa shape index (κ2) is 6.43. The summed E-state index contributed by atoms with van der Waals surface area (Å²) < 4.78 is 0. The number of rotatable bonds is 1. The van der Waals surface area contributed by atoms with Crippen LogP contribution < -0.4 is 11.5 Å². The van der Waals surface area contributed by atoms with Gasteiger partial charge in [0.15, 0.2) is 6.29 Å². The van der Waals surface area contributed by atoms with Gasteiger partial charge in [-0.3, -0.25) is 4.79 Å². The van der Waals surface area contributed by atoms with Crippen molar-refractivity contribution in [2.24, 2.45) is 0 Å². The lowest BCUT2D eigenvalue weighted by molar-refractivity contribution is 0.112. The number of nitrogen functional groups attached to an aromatic ring is 2. The minimum absolute atomic E-state index is 0.0358. The van der Waals surface area contributed by atoms with E-state index < -0.39 is 0 Å². The highest BCUT2D eigenvalue weighted by molar-refractivity contribution is 5.91. The molecule has 0 saturated carbocycles. The van der Waals surface area contributed by atoms with Gasteiger partial charge in [0.25, 0.3) is 0 Å². The Labute approximate surface area is 122 Å². The number of benzene rings is 3. The molecule has 0 fully saturated rings. The zero-order chi connectivity index (χ0) is 15.2. The largest absolute Gasteiger partial charge is 0.507 e. The van der Waals surface area contributed by atoms with Crippen molar-refractivity contribution in [3.8, 4) is 5.75 Å². The zero-order valence-electron chi connectivity index (χ0n) is 11.4. The third-order valence-corrected chi connectivity index (χ3v) is 2.93. The van der Waals surface area contributed by atoms with E-state index in [4.69, 9.17) is 11.5 Å². The Morgan fingerprint density at radius 1 is 0.810 bits per heavy atom. The fraction of sp³-hybridized carbons (Fsp3) is 0. The van der Waals surface area contributed by atoms with Gasteiger partial charge >= 0.3 is 0 Å². The van der Waals surface area contributed by atoms with Gasteiger partial charge in [-0.25, -0.2) is 0 Å². The molecule has 0 spiro atoms. The maximum absolute atomic E-state index is 10.5. The molecule has 0 aromatic heterocycles. The van der Waals surface area contributed by atoms with Gasteiger partial charge in [0.05, 0.1) is 5.56 Å². The summed E-state index contributed by atoms with van der Waals surface area (Å²) in [5.74, 6) is 0.0358. The first-order valence-electron chi connectivity index (χ1n) is 6.38. The molecule has 3 aromatic carbocycles. The number of phenols is 1. The van der Waals surface area contributed by atoms with Crippen LogP contribution in [0.4, 0.5) is 11.4 Å². The molecule has 21 heavy (non-hydrogen) atoms. The lowest BCUT2D eigenvalue weighted by Crippen LogP contribution is -1.87. The molecule has 0 aliphatic heterocycles. The molecule has 0 bridgehead atoms. The van der Waals surface area contributed by atoms with E-state index in [1.54, 1.807) is 30.3 Å². The molecule has 0 amide bonds. The quantitative estimate of drug-likeness (QED) is 0.471. The normalized spacial score (nSPS) is 9.71. The molecule has 0 radical (unpaired) electrons. The van der Waals surface area contributed by atoms with Crippen LogP contribution in [0.3, 0.4) is 0 Å². The number of phenolic OH excluding ortho intramolecular Hbond substituents is 1. The van der Waals surface area contributed by atoms with Crippen LogP contribution >= 0.6 is 0 Å². The van der Waals surface area contributed by atoms with E-state index >= 15 is 0 Å². The van der Waals surface area contributed by atoms with Crippen LogP contribution in [0.2, 0.25) is 0 Å². The van der Waals surface area contributed by atoms with E-state index in [0.29, 0.717) is 23.2 Å². The predicted octanol–water partition coefficient (Wildman–Crippen LogP) is 3.21. The molecule has 0 unspecified atom stereocenters. The Hall–Kier alpha value is -3.01. The molecule has 3 rings (SSSR count). The summed E-state index contributed by atoms with van der Waals surface area (Å²) in [7, 11) is 0. The van der Waals surface area contributed by atoms with E-state index in [-0.39, 0.29) is 5.75 Å². The summed E-state index contributed by atoms with van der Waals surface area (Å²) in [5.41, 5.74) is 12.5. The second-order valence-electron chi connectivity index (χ2n) is 4.55. The average Bonchev–Trinajstić information content (AvgIpc) is 2.47. The lowest BCUT2D eigenvalue weighted by Gasteiger charge is -2.00. The van der Waals surface area contributed by atoms with Crippen molar-refractivity contribution in [2.45, 2.75) is 0 Å². The topological polar surface area (TPSA) is 89.3 Å². The van der Waals surface area contributed by atoms with Crippen LogP contribution in [0.15, 0.2) is 60.7 Å². The Morgan fingerprint density at radius 3 is 1.86 bits per heavy atom. The maximum atomic E-state index is 10.5. The molecule has 0 aliphatic rings. The van der Waals surface area contributed by atoms with Crippen molar-refractivity contribution < 1.29 is 9.90 Å². The van der Waals surface area contributed by atoms with Gasteiger partial charge in [-0.1, -0.05) is 30.3 Å². The lowest BCUT2D eigenvalue weighted by atomic mass is 10.1. The standard InChI is InChI=1S/C11H8O2.C6H8N2/c12-7-10-5-8-3-1-2-4-9(8)6-11(10)13;7-5-2-1-3-6(8)4-5/h1-7,13H;1-4H,7-8H2. The number of carbonyl (C=O) groups is 1.